The van der Waals surface area contributed by atoms with Crippen LogP contribution in [0.25, 0.3) is 0 Å². The van der Waals surface area contributed by atoms with E-state index in [1.807, 2.05) is 51.1 Å². The van der Waals surface area contributed by atoms with Crippen molar-refractivity contribution in [3.8, 4) is 6.07 Å². The number of nitrogens with one attached hydrogen (secondary N) is 1. The van der Waals surface area contributed by atoms with E-state index in [2.05, 4.69) is 16.4 Å². The summed E-state index contributed by atoms with van der Waals surface area (Å²) in [7, 11) is 0. The SMILES string of the molecule is Cc1nc(C(C)C)c(C(=O)NC(C#N)c2ccccc2)s1. The van der Waals surface area contributed by atoms with Gasteiger partial charge in [0.25, 0.3) is 5.91 Å². The van der Waals surface area contributed by atoms with E-state index in [0.717, 1.165) is 16.3 Å². The van der Waals surface area contributed by atoms with E-state index in [4.69, 9.17) is 0 Å². The van der Waals surface area contributed by atoms with Crippen LogP contribution >= 0.6 is 11.3 Å². The third kappa shape index (κ3) is 3.47. The fraction of sp³-hybridized carbons (Fsp3) is 0.312. The molecule has 21 heavy (non-hydrogen) atoms. The quantitative estimate of drug-likeness (QED) is 0.938. The van der Waals surface area contributed by atoms with Gasteiger partial charge >= 0.3 is 0 Å². The van der Waals surface area contributed by atoms with Crippen molar-refractivity contribution in [1.29, 1.82) is 5.26 Å². The first kappa shape index (κ1) is 15.2. The molecular weight excluding hydrogens is 282 g/mol. The van der Waals surface area contributed by atoms with E-state index in [1.165, 1.54) is 11.3 Å². The zero-order valence-corrected chi connectivity index (χ0v) is 13.1. The molecule has 0 aliphatic rings. The van der Waals surface area contributed by atoms with Crippen LogP contribution in [0.5, 0.6) is 0 Å². The highest BCUT2D eigenvalue weighted by atomic mass is 32.1. The number of nitrogens with zero attached hydrogens (tertiary/aromatic N) is 2. The van der Waals surface area contributed by atoms with Gasteiger partial charge in [0.05, 0.1) is 16.8 Å². The molecule has 4 nitrogen and oxygen atoms in total. The van der Waals surface area contributed by atoms with Gasteiger partial charge in [-0.3, -0.25) is 4.79 Å². The number of thiazole rings is 1. The number of hydrogen-bond acceptors (Lipinski definition) is 4. The summed E-state index contributed by atoms with van der Waals surface area (Å²) >= 11 is 1.37. The number of amides is 1. The second-order valence-electron chi connectivity index (χ2n) is 5.05. The van der Waals surface area contributed by atoms with Gasteiger partial charge in [0, 0.05) is 0 Å². The molecule has 0 radical (unpaired) electrons. The van der Waals surface area contributed by atoms with Crippen LogP contribution in [0.2, 0.25) is 0 Å². The smallest absolute Gasteiger partial charge is 0.264 e. The molecule has 2 aromatic rings. The van der Waals surface area contributed by atoms with Gasteiger partial charge in [-0.05, 0) is 18.4 Å². The second kappa shape index (κ2) is 6.51. The summed E-state index contributed by atoms with van der Waals surface area (Å²) in [5, 5.41) is 12.9. The predicted octanol–water partition coefficient (Wildman–Crippen LogP) is 3.57. The zero-order valence-electron chi connectivity index (χ0n) is 12.3. The number of carbonyl (C=O) groups is 1. The molecule has 1 aromatic carbocycles. The highest BCUT2D eigenvalue weighted by molar-refractivity contribution is 7.13. The Hall–Kier alpha value is -2.19. The van der Waals surface area contributed by atoms with E-state index in [0.29, 0.717) is 4.88 Å². The maximum atomic E-state index is 12.4. The Morgan fingerprint density at radius 3 is 2.57 bits per heavy atom. The van der Waals surface area contributed by atoms with Crippen molar-refractivity contribution in [2.45, 2.75) is 32.7 Å². The monoisotopic (exact) mass is 299 g/mol. The summed E-state index contributed by atoms with van der Waals surface area (Å²) in [6.07, 6.45) is 0. The molecule has 0 saturated heterocycles. The molecule has 1 amide bonds. The maximum Gasteiger partial charge on any atom is 0.264 e. The molecule has 2 rings (SSSR count). The number of benzene rings is 1. The number of rotatable bonds is 4. The normalized spacial score (nSPS) is 12.0. The van der Waals surface area contributed by atoms with Crippen molar-refractivity contribution in [3.63, 3.8) is 0 Å². The first-order valence-electron chi connectivity index (χ1n) is 6.75. The predicted molar refractivity (Wildman–Crippen MR) is 83.2 cm³/mol. The van der Waals surface area contributed by atoms with Crippen LogP contribution < -0.4 is 5.32 Å². The van der Waals surface area contributed by atoms with E-state index < -0.39 is 6.04 Å². The van der Waals surface area contributed by atoms with E-state index in [-0.39, 0.29) is 11.8 Å². The molecule has 0 aliphatic carbocycles. The summed E-state index contributed by atoms with van der Waals surface area (Å²) in [6, 6.07) is 10.7. The highest BCUT2D eigenvalue weighted by Crippen LogP contribution is 2.25. The molecule has 0 spiro atoms. The van der Waals surface area contributed by atoms with Crippen LogP contribution in [-0.2, 0) is 0 Å². The van der Waals surface area contributed by atoms with Crippen LogP contribution in [0, 0.1) is 18.3 Å². The third-order valence-electron chi connectivity index (χ3n) is 3.05. The van der Waals surface area contributed by atoms with Gasteiger partial charge in [-0.1, -0.05) is 44.2 Å². The molecule has 1 unspecified atom stereocenters. The fourth-order valence-corrected chi connectivity index (χ4v) is 3.01. The number of aromatic nitrogens is 1. The highest BCUT2D eigenvalue weighted by Gasteiger charge is 2.22. The van der Waals surface area contributed by atoms with Gasteiger partial charge in [0.2, 0.25) is 0 Å². The van der Waals surface area contributed by atoms with E-state index in [1.54, 1.807) is 0 Å². The minimum atomic E-state index is -0.652. The number of aryl methyl sites for hydroxylation is 1. The van der Waals surface area contributed by atoms with Gasteiger partial charge in [0.1, 0.15) is 10.9 Å². The molecule has 1 atom stereocenters. The van der Waals surface area contributed by atoms with Crippen molar-refractivity contribution < 1.29 is 4.79 Å². The van der Waals surface area contributed by atoms with Crippen molar-refractivity contribution >= 4 is 17.2 Å². The Morgan fingerprint density at radius 2 is 2.00 bits per heavy atom. The lowest BCUT2D eigenvalue weighted by atomic mass is 10.1. The topological polar surface area (TPSA) is 65.8 Å². The Labute approximate surface area is 128 Å². The average molecular weight is 299 g/mol. The molecule has 0 aliphatic heterocycles. The van der Waals surface area contributed by atoms with Crippen LogP contribution in [0.3, 0.4) is 0 Å². The minimum Gasteiger partial charge on any atom is -0.332 e. The fourth-order valence-electron chi connectivity index (χ4n) is 2.03. The van der Waals surface area contributed by atoms with E-state index >= 15 is 0 Å². The van der Waals surface area contributed by atoms with Crippen LogP contribution in [0.1, 0.15) is 51.7 Å². The lowest BCUT2D eigenvalue weighted by molar-refractivity contribution is 0.0947. The zero-order chi connectivity index (χ0) is 15.4. The standard InChI is InChI=1S/C16H17N3OS/c1-10(2)14-15(21-11(3)18-14)16(20)19-13(9-17)12-7-5-4-6-8-12/h4-8,10,13H,1-3H3,(H,19,20). The number of hydrogen-bond donors (Lipinski definition) is 1. The summed E-state index contributed by atoms with van der Waals surface area (Å²) in [5.74, 6) is -0.0623. The van der Waals surface area contributed by atoms with Gasteiger partial charge in [-0.2, -0.15) is 5.26 Å². The average Bonchev–Trinajstić information content (AvgIpc) is 2.88. The summed E-state index contributed by atoms with van der Waals surface area (Å²) in [6.45, 7) is 5.89. The largest absolute Gasteiger partial charge is 0.332 e. The molecular formula is C16H17N3OS. The maximum absolute atomic E-state index is 12.4. The molecule has 1 aromatic heterocycles. The lowest BCUT2D eigenvalue weighted by Crippen LogP contribution is -2.27. The molecule has 0 saturated carbocycles. The van der Waals surface area contributed by atoms with Crippen molar-refractivity contribution in [2.24, 2.45) is 0 Å². The molecule has 1 N–H and O–H groups in total. The Balaban J connectivity index is 2.23. The van der Waals surface area contributed by atoms with Gasteiger partial charge in [0.15, 0.2) is 0 Å². The van der Waals surface area contributed by atoms with Gasteiger partial charge in [-0.15, -0.1) is 11.3 Å². The second-order valence-corrected chi connectivity index (χ2v) is 6.25. The lowest BCUT2D eigenvalue weighted by Gasteiger charge is -2.12. The first-order chi connectivity index (χ1) is 10.0. The first-order valence-corrected chi connectivity index (χ1v) is 7.57. The summed E-state index contributed by atoms with van der Waals surface area (Å²) in [4.78, 5) is 17.4. The van der Waals surface area contributed by atoms with Crippen LogP contribution in [0.15, 0.2) is 30.3 Å². The van der Waals surface area contributed by atoms with Crippen molar-refractivity contribution in [2.75, 3.05) is 0 Å². The molecule has 108 valence electrons. The Morgan fingerprint density at radius 1 is 1.33 bits per heavy atom. The third-order valence-corrected chi connectivity index (χ3v) is 4.04. The minimum absolute atomic E-state index is 0.174. The van der Waals surface area contributed by atoms with Gasteiger partial charge in [-0.25, -0.2) is 4.98 Å². The van der Waals surface area contributed by atoms with Crippen LogP contribution in [-0.4, -0.2) is 10.9 Å². The van der Waals surface area contributed by atoms with Crippen molar-refractivity contribution in [1.82, 2.24) is 10.3 Å². The number of nitriles is 1. The Kier molecular flexibility index (Phi) is 4.71. The molecule has 0 fully saturated rings. The Bertz CT molecular complexity index is 671. The number of carbonyl (C=O) groups excluding carboxylic acids is 1. The summed E-state index contributed by atoms with van der Waals surface area (Å²) in [5.41, 5.74) is 1.57. The molecule has 5 heteroatoms. The van der Waals surface area contributed by atoms with Gasteiger partial charge < -0.3 is 5.32 Å². The summed E-state index contributed by atoms with van der Waals surface area (Å²) < 4.78 is 0. The molecule has 0 bridgehead atoms. The van der Waals surface area contributed by atoms with Crippen molar-refractivity contribution in [3.05, 3.63) is 51.5 Å². The van der Waals surface area contributed by atoms with Crippen LogP contribution in [0.4, 0.5) is 0 Å². The molecule has 1 heterocycles. The van der Waals surface area contributed by atoms with E-state index in [9.17, 15) is 10.1 Å².